The molecule has 0 aliphatic carbocycles. The molecule has 1 aromatic carbocycles. The van der Waals surface area contributed by atoms with Crippen molar-refractivity contribution in [3.05, 3.63) is 78.1 Å². The molecular weight excluding hydrogens is 369 g/mol. The molecule has 7 heteroatoms. The van der Waals surface area contributed by atoms with E-state index in [0.29, 0.717) is 42.9 Å². The van der Waals surface area contributed by atoms with Crippen LogP contribution in [0.4, 0.5) is 4.39 Å². The second kappa shape index (κ2) is 7.76. The van der Waals surface area contributed by atoms with Crippen LogP contribution < -0.4 is 0 Å². The molecule has 1 amide bonds. The van der Waals surface area contributed by atoms with Crippen molar-refractivity contribution in [2.75, 3.05) is 13.1 Å². The Balaban J connectivity index is 1.57. The van der Waals surface area contributed by atoms with E-state index in [9.17, 15) is 14.4 Å². The van der Waals surface area contributed by atoms with E-state index in [4.69, 9.17) is 0 Å². The van der Waals surface area contributed by atoms with Crippen molar-refractivity contribution in [2.24, 2.45) is 5.41 Å². The number of pyridine rings is 1. The number of carbonyl (C=O) groups excluding carboxylic acids is 1. The number of aromatic nitrogens is 3. The van der Waals surface area contributed by atoms with Crippen LogP contribution in [0, 0.1) is 22.6 Å². The van der Waals surface area contributed by atoms with Crippen LogP contribution in [0.5, 0.6) is 0 Å². The van der Waals surface area contributed by atoms with Crippen LogP contribution in [-0.4, -0.2) is 38.8 Å². The maximum absolute atomic E-state index is 13.2. The van der Waals surface area contributed by atoms with E-state index in [-0.39, 0.29) is 11.7 Å². The number of benzene rings is 1. The van der Waals surface area contributed by atoms with Crippen molar-refractivity contribution in [3.63, 3.8) is 0 Å². The lowest BCUT2D eigenvalue weighted by Crippen LogP contribution is -2.33. The standard InChI is InChI=1S/C22H18FN5O/c23-17-5-3-16(4-6-17)12-22(13-24)8-11-28(14-22)21(29)18-2-1-9-26-20(18)19-7-10-25-15-27-19/h1-7,9-10,15H,8,11-12,14H2/t22-/m0/s1. The van der Waals surface area contributed by atoms with E-state index < -0.39 is 5.41 Å². The van der Waals surface area contributed by atoms with Gasteiger partial charge in [0, 0.05) is 25.5 Å². The molecule has 1 saturated heterocycles. The summed E-state index contributed by atoms with van der Waals surface area (Å²) in [4.78, 5) is 27.4. The number of likely N-dealkylation sites (tertiary alicyclic amines) is 1. The number of amides is 1. The van der Waals surface area contributed by atoms with Gasteiger partial charge in [-0.05, 0) is 48.7 Å². The highest BCUT2D eigenvalue weighted by Gasteiger charge is 2.41. The molecule has 1 fully saturated rings. The third-order valence-electron chi connectivity index (χ3n) is 5.20. The molecule has 1 atom stereocenters. The van der Waals surface area contributed by atoms with Gasteiger partial charge in [0.15, 0.2) is 0 Å². The van der Waals surface area contributed by atoms with Crippen molar-refractivity contribution < 1.29 is 9.18 Å². The molecule has 144 valence electrons. The van der Waals surface area contributed by atoms with Gasteiger partial charge in [0.25, 0.3) is 5.91 Å². The van der Waals surface area contributed by atoms with Gasteiger partial charge < -0.3 is 4.90 Å². The Labute approximate surface area is 167 Å². The summed E-state index contributed by atoms with van der Waals surface area (Å²) in [6.07, 6.45) is 5.67. The van der Waals surface area contributed by atoms with Crippen molar-refractivity contribution in [2.45, 2.75) is 12.8 Å². The molecule has 0 unspecified atom stereocenters. The van der Waals surface area contributed by atoms with E-state index in [1.807, 2.05) is 0 Å². The van der Waals surface area contributed by atoms with E-state index >= 15 is 0 Å². The van der Waals surface area contributed by atoms with Gasteiger partial charge in [0.05, 0.1) is 22.7 Å². The monoisotopic (exact) mass is 387 g/mol. The second-order valence-corrected chi connectivity index (χ2v) is 7.17. The third-order valence-corrected chi connectivity index (χ3v) is 5.20. The van der Waals surface area contributed by atoms with Gasteiger partial charge >= 0.3 is 0 Å². The first-order valence-electron chi connectivity index (χ1n) is 9.27. The Bertz CT molecular complexity index is 1060. The van der Waals surface area contributed by atoms with E-state index in [1.54, 1.807) is 47.6 Å². The molecule has 3 heterocycles. The van der Waals surface area contributed by atoms with Crippen molar-refractivity contribution >= 4 is 5.91 Å². The van der Waals surface area contributed by atoms with E-state index in [0.717, 1.165) is 5.56 Å². The van der Waals surface area contributed by atoms with Crippen LogP contribution >= 0.6 is 0 Å². The maximum atomic E-state index is 13.2. The number of nitriles is 1. The summed E-state index contributed by atoms with van der Waals surface area (Å²) in [6.45, 7) is 0.795. The topological polar surface area (TPSA) is 82.8 Å². The molecule has 1 aliphatic rings. The van der Waals surface area contributed by atoms with Gasteiger partial charge in [0.2, 0.25) is 0 Å². The van der Waals surface area contributed by atoms with Crippen LogP contribution in [0.15, 0.2) is 61.2 Å². The zero-order valence-corrected chi connectivity index (χ0v) is 15.6. The first kappa shape index (κ1) is 18.7. The smallest absolute Gasteiger partial charge is 0.256 e. The summed E-state index contributed by atoms with van der Waals surface area (Å²) in [5.74, 6) is -0.486. The van der Waals surface area contributed by atoms with Crippen LogP contribution in [0.25, 0.3) is 11.4 Å². The molecule has 29 heavy (non-hydrogen) atoms. The molecule has 2 aromatic heterocycles. The van der Waals surface area contributed by atoms with Crippen LogP contribution in [0.1, 0.15) is 22.3 Å². The molecule has 1 aliphatic heterocycles. The Hall–Kier alpha value is -3.66. The number of hydrogen-bond donors (Lipinski definition) is 0. The Morgan fingerprint density at radius 3 is 2.72 bits per heavy atom. The zero-order chi connectivity index (χ0) is 20.3. The number of halogens is 1. The summed E-state index contributed by atoms with van der Waals surface area (Å²) in [5.41, 5.74) is 1.70. The first-order valence-corrected chi connectivity index (χ1v) is 9.27. The average molecular weight is 387 g/mol. The highest BCUT2D eigenvalue weighted by Crippen LogP contribution is 2.35. The molecule has 0 spiro atoms. The third kappa shape index (κ3) is 3.83. The van der Waals surface area contributed by atoms with Crippen LogP contribution in [0.3, 0.4) is 0 Å². The summed E-state index contributed by atoms with van der Waals surface area (Å²) < 4.78 is 13.2. The lowest BCUT2D eigenvalue weighted by Gasteiger charge is -2.22. The fourth-order valence-electron chi connectivity index (χ4n) is 3.70. The zero-order valence-electron chi connectivity index (χ0n) is 15.6. The summed E-state index contributed by atoms with van der Waals surface area (Å²) >= 11 is 0. The number of carbonyl (C=O) groups is 1. The predicted octanol–water partition coefficient (Wildman–Crippen LogP) is 3.28. The normalized spacial score (nSPS) is 18.4. The lowest BCUT2D eigenvalue weighted by atomic mass is 9.82. The minimum Gasteiger partial charge on any atom is -0.337 e. The van der Waals surface area contributed by atoms with Gasteiger partial charge in [-0.1, -0.05) is 12.1 Å². The molecule has 0 bridgehead atoms. The van der Waals surface area contributed by atoms with Gasteiger partial charge in [0.1, 0.15) is 17.8 Å². The summed E-state index contributed by atoms with van der Waals surface area (Å²) in [5, 5.41) is 9.84. The predicted molar refractivity (Wildman–Crippen MR) is 104 cm³/mol. The second-order valence-electron chi connectivity index (χ2n) is 7.17. The minimum absolute atomic E-state index is 0.178. The molecular formula is C22H18FN5O. The Kier molecular flexibility index (Phi) is 5.00. The molecule has 0 N–H and O–H groups in total. The number of hydrogen-bond acceptors (Lipinski definition) is 5. The average Bonchev–Trinajstić information content (AvgIpc) is 3.20. The number of nitrogens with zero attached hydrogens (tertiary/aromatic N) is 5. The van der Waals surface area contributed by atoms with Crippen molar-refractivity contribution in [1.29, 1.82) is 5.26 Å². The molecule has 6 nitrogen and oxygen atoms in total. The van der Waals surface area contributed by atoms with Crippen molar-refractivity contribution in [3.8, 4) is 17.5 Å². The molecule has 0 saturated carbocycles. The van der Waals surface area contributed by atoms with Gasteiger partial charge in [-0.15, -0.1) is 0 Å². The fraction of sp³-hybridized carbons (Fsp3) is 0.227. The summed E-state index contributed by atoms with van der Waals surface area (Å²) in [6, 6.07) is 13.7. The van der Waals surface area contributed by atoms with Gasteiger partial charge in [-0.2, -0.15) is 5.26 Å². The summed E-state index contributed by atoms with van der Waals surface area (Å²) in [7, 11) is 0. The maximum Gasteiger partial charge on any atom is 0.256 e. The minimum atomic E-state index is -0.690. The van der Waals surface area contributed by atoms with Gasteiger partial charge in [-0.25, -0.2) is 14.4 Å². The largest absolute Gasteiger partial charge is 0.337 e. The van der Waals surface area contributed by atoms with Crippen LogP contribution in [0.2, 0.25) is 0 Å². The quantitative estimate of drug-likeness (QED) is 0.686. The molecule has 0 radical (unpaired) electrons. The van der Waals surface area contributed by atoms with Gasteiger partial charge in [-0.3, -0.25) is 9.78 Å². The fourth-order valence-corrected chi connectivity index (χ4v) is 3.70. The highest BCUT2D eigenvalue weighted by atomic mass is 19.1. The van der Waals surface area contributed by atoms with E-state index in [1.165, 1.54) is 18.5 Å². The number of rotatable bonds is 4. The van der Waals surface area contributed by atoms with E-state index in [2.05, 4.69) is 21.0 Å². The van der Waals surface area contributed by atoms with Crippen LogP contribution in [-0.2, 0) is 6.42 Å². The van der Waals surface area contributed by atoms with Crippen molar-refractivity contribution in [1.82, 2.24) is 19.9 Å². The highest BCUT2D eigenvalue weighted by molar-refractivity contribution is 5.99. The Morgan fingerprint density at radius 2 is 2.00 bits per heavy atom. The Morgan fingerprint density at radius 1 is 1.17 bits per heavy atom. The molecule has 4 rings (SSSR count). The lowest BCUT2D eigenvalue weighted by molar-refractivity contribution is 0.0781. The SMILES string of the molecule is N#C[C@@]1(Cc2ccc(F)cc2)CCN(C(=O)c2cccnc2-c2ccncn2)C1. The first-order chi connectivity index (χ1) is 14.1. The molecule has 3 aromatic rings.